The lowest BCUT2D eigenvalue weighted by Crippen LogP contribution is -2.44. The van der Waals surface area contributed by atoms with Gasteiger partial charge in [-0.15, -0.1) is 11.3 Å². The van der Waals surface area contributed by atoms with Crippen LogP contribution in [0.3, 0.4) is 0 Å². The van der Waals surface area contributed by atoms with Crippen LogP contribution in [0.4, 0.5) is 0 Å². The third kappa shape index (κ3) is 3.15. The summed E-state index contributed by atoms with van der Waals surface area (Å²) in [6.07, 6.45) is 1.08. The van der Waals surface area contributed by atoms with Gasteiger partial charge in [-0.1, -0.05) is 24.3 Å². The SMILES string of the molecule is Cc1nn(C)c2sc(C(=O)NCC(C)N3CCc4ccccc4C3)cc12. The van der Waals surface area contributed by atoms with Gasteiger partial charge in [0.25, 0.3) is 5.91 Å². The van der Waals surface area contributed by atoms with Crippen LogP contribution in [-0.2, 0) is 20.0 Å². The van der Waals surface area contributed by atoms with Crippen LogP contribution in [0.25, 0.3) is 10.2 Å². The molecule has 3 heterocycles. The molecule has 6 heteroatoms. The van der Waals surface area contributed by atoms with Crippen molar-refractivity contribution in [3.8, 4) is 0 Å². The number of nitrogens with one attached hydrogen (secondary N) is 1. The smallest absolute Gasteiger partial charge is 0.261 e. The first-order valence-corrected chi connectivity index (χ1v) is 9.86. The van der Waals surface area contributed by atoms with Gasteiger partial charge >= 0.3 is 0 Å². The Morgan fingerprint density at radius 2 is 2.12 bits per heavy atom. The molecule has 136 valence electrons. The van der Waals surface area contributed by atoms with E-state index in [4.69, 9.17) is 0 Å². The van der Waals surface area contributed by atoms with Crippen LogP contribution in [-0.4, -0.2) is 39.7 Å². The summed E-state index contributed by atoms with van der Waals surface area (Å²) in [5, 5.41) is 8.58. The number of carbonyl (C=O) groups excluding carboxylic acids is 1. The van der Waals surface area contributed by atoms with E-state index in [9.17, 15) is 4.79 Å². The molecule has 3 aromatic rings. The molecule has 0 fully saturated rings. The summed E-state index contributed by atoms with van der Waals surface area (Å²) in [6.45, 7) is 6.83. The molecule has 1 unspecified atom stereocenters. The van der Waals surface area contributed by atoms with E-state index in [0.717, 1.165) is 40.3 Å². The average Bonchev–Trinajstić information content (AvgIpc) is 3.20. The number of hydrogen-bond donors (Lipinski definition) is 1. The van der Waals surface area contributed by atoms with Crippen molar-refractivity contribution in [2.75, 3.05) is 13.1 Å². The van der Waals surface area contributed by atoms with Gasteiger partial charge in [0, 0.05) is 38.1 Å². The van der Waals surface area contributed by atoms with Crippen LogP contribution in [0.2, 0.25) is 0 Å². The van der Waals surface area contributed by atoms with E-state index in [0.29, 0.717) is 12.6 Å². The van der Waals surface area contributed by atoms with E-state index < -0.39 is 0 Å². The fourth-order valence-corrected chi connectivity index (χ4v) is 4.71. The first-order chi connectivity index (χ1) is 12.5. The van der Waals surface area contributed by atoms with Crippen LogP contribution in [0.15, 0.2) is 30.3 Å². The third-order valence-electron chi connectivity index (χ3n) is 5.26. The quantitative estimate of drug-likeness (QED) is 0.770. The number of aryl methyl sites for hydroxylation is 2. The second-order valence-electron chi connectivity index (χ2n) is 7.09. The Morgan fingerprint density at radius 3 is 2.88 bits per heavy atom. The zero-order valence-corrected chi connectivity index (χ0v) is 16.3. The number of benzene rings is 1. The molecule has 5 nitrogen and oxygen atoms in total. The summed E-state index contributed by atoms with van der Waals surface area (Å²) >= 11 is 1.51. The summed E-state index contributed by atoms with van der Waals surface area (Å²) in [6, 6.07) is 10.9. The fourth-order valence-electron chi connectivity index (χ4n) is 3.67. The van der Waals surface area contributed by atoms with Gasteiger partial charge in [0.1, 0.15) is 4.83 Å². The largest absolute Gasteiger partial charge is 0.350 e. The van der Waals surface area contributed by atoms with E-state index >= 15 is 0 Å². The van der Waals surface area contributed by atoms with Gasteiger partial charge < -0.3 is 5.32 Å². The Balaban J connectivity index is 1.38. The Morgan fingerprint density at radius 1 is 1.35 bits per heavy atom. The number of rotatable bonds is 4. The van der Waals surface area contributed by atoms with Crippen molar-refractivity contribution in [2.45, 2.75) is 32.9 Å². The van der Waals surface area contributed by atoms with E-state index in [2.05, 4.69) is 46.5 Å². The molecule has 1 aromatic carbocycles. The summed E-state index contributed by atoms with van der Waals surface area (Å²) in [4.78, 5) is 16.8. The summed E-state index contributed by atoms with van der Waals surface area (Å²) in [5.74, 6) is 0.00913. The normalized spacial score (nSPS) is 15.8. The monoisotopic (exact) mass is 368 g/mol. The first-order valence-electron chi connectivity index (χ1n) is 9.05. The number of carbonyl (C=O) groups is 1. The average molecular weight is 369 g/mol. The standard InChI is InChI=1S/C20H24N4OS/c1-13(24-9-8-15-6-4-5-7-16(15)12-24)11-21-19(25)18-10-17-14(2)22-23(3)20(17)26-18/h4-7,10,13H,8-9,11-12H2,1-3H3,(H,21,25). The molecule has 0 spiro atoms. The van der Waals surface area contributed by atoms with Crippen LogP contribution in [0, 0.1) is 6.92 Å². The van der Waals surface area contributed by atoms with Gasteiger partial charge in [-0.05, 0) is 37.5 Å². The molecule has 4 rings (SSSR count). The fraction of sp³-hybridized carbons (Fsp3) is 0.400. The molecular formula is C20H24N4OS. The Kier molecular flexibility index (Phi) is 4.54. The van der Waals surface area contributed by atoms with E-state index in [-0.39, 0.29) is 5.91 Å². The minimum Gasteiger partial charge on any atom is -0.350 e. The van der Waals surface area contributed by atoms with Gasteiger partial charge in [0.05, 0.1) is 10.6 Å². The van der Waals surface area contributed by atoms with Crippen molar-refractivity contribution >= 4 is 27.5 Å². The minimum absolute atomic E-state index is 0.00913. The lowest BCUT2D eigenvalue weighted by molar-refractivity contribution is 0.0936. The van der Waals surface area contributed by atoms with Crippen LogP contribution < -0.4 is 5.32 Å². The van der Waals surface area contributed by atoms with Crippen LogP contribution in [0.5, 0.6) is 0 Å². The Hall–Kier alpha value is -2.18. The predicted molar refractivity (Wildman–Crippen MR) is 106 cm³/mol. The second kappa shape index (κ2) is 6.85. The maximum atomic E-state index is 12.6. The molecule has 1 amide bonds. The highest BCUT2D eigenvalue weighted by atomic mass is 32.1. The molecule has 1 N–H and O–H groups in total. The molecule has 1 atom stereocenters. The first kappa shape index (κ1) is 17.2. The number of aromatic nitrogens is 2. The Bertz CT molecular complexity index is 924. The van der Waals surface area contributed by atoms with Crippen molar-refractivity contribution in [3.63, 3.8) is 0 Å². The van der Waals surface area contributed by atoms with Crippen LogP contribution >= 0.6 is 11.3 Å². The maximum Gasteiger partial charge on any atom is 0.261 e. The number of amides is 1. The van der Waals surface area contributed by atoms with Gasteiger partial charge in [0.2, 0.25) is 0 Å². The van der Waals surface area contributed by atoms with E-state index in [1.54, 1.807) is 0 Å². The molecule has 1 aliphatic heterocycles. The van der Waals surface area contributed by atoms with Crippen molar-refractivity contribution in [1.82, 2.24) is 20.0 Å². The summed E-state index contributed by atoms with van der Waals surface area (Å²) < 4.78 is 1.85. The molecule has 0 bridgehead atoms. The van der Waals surface area contributed by atoms with Gasteiger partial charge in [0.15, 0.2) is 0 Å². The van der Waals surface area contributed by atoms with Gasteiger partial charge in [-0.2, -0.15) is 5.10 Å². The van der Waals surface area contributed by atoms with Crippen molar-refractivity contribution < 1.29 is 4.79 Å². The topological polar surface area (TPSA) is 50.2 Å². The van der Waals surface area contributed by atoms with Gasteiger partial charge in [-0.25, -0.2) is 0 Å². The highest BCUT2D eigenvalue weighted by Crippen LogP contribution is 2.27. The van der Waals surface area contributed by atoms with Crippen molar-refractivity contribution in [1.29, 1.82) is 0 Å². The lowest BCUT2D eigenvalue weighted by atomic mass is 9.99. The molecule has 2 aromatic heterocycles. The zero-order chi connectivity index (χ0) is 18.3. The molecule has 0 saturated heterocycles. The molecular weight excluding hydrogens is 344 g/mol. The van der Waals surface area contributed by atoms with E-state index in [1.165, 1.54) is 22.5 Å². The summed E-state index contributed by atoms with van der Waals surface area (Å²) in [7, 11) is 1.92. The summed E-state index contributed by atoms with van der Waals surface area (Å²) in [5.41, 5.74) is 3.83. The second-order valence-corrected chi connectivity index (χ2v) is 8.12. The molecule has 0 saturated carbocycles. The highest BCUT2D eigenvalue weighted by Gasteiger charge is 2.21. The maximum absolute atomic E-state index is 12.6. The number of thiophene rings is 1. The number of fused-ring (bicyclic) bond motifs is 2. The number of hydrogen-bond acceptors (Lipinski definition) is 4. The minimum atomic E-state index is 0.00913. The van der Waals surface area contributed by atoms with Crippen molar-refractivity contribution in [2.24, 2.45) is 7.05 Å². The molecule has 0 aliphatic carbocycles. The number of nitrogens with zero attached hydrogens (tertiary/aromatic N) is 3. The third-order valence-corrected chi connectivity index (χ3v) is 6.46. The zero-order valence-electron chi connectivity index (χ0n) is 15.5. The van der Waals surface area contributed by atoms with Gasteiger partial charge in [-0.3, -0.25) is 14.4 Å². The predicted octanol–water partition coefficient (Wildman–Crippen LogP) is 3.12. The van der Waals surface area contributed by atoms with Crippen molar-refractivity contribution in [3.05, 3.63) is 52.0 Å². The van der Waals surface area contributed by atoms with E-state index in [1.807, 2.05) is 24.7 Å². The molecule has 0 radical (unpaired) electrons. The lowest BCUT2D eigenvalue weighted by Gasteiger charge is -2.33. The Labute approximate surface area is 157 Å². The highest BCUT2D eigenvalue weighted by molar-refractivity contribution is 7.20. The van der Waals surface area contributed by atoms with Crippen LogP contribution in [0.1, 0.15) is 33.4 Å². The molecule has 1 aliphatic rings. The molecule has 26 heavy (non-hydrogen) atoms.